The average Bonchev–Trinajstić information content (AvgIpc) is 2.75. The van der Waals surface area contributed by atoms with E-state index in [1.165, 1.54) is 7.11 Å². The summed E-state index contributed by atoms with van der Waals surface area (Å²) in [5.74, 6) is -0.848. The van der Waals surface area contributed by atoms with Crippen LogP contribution in [0.25, 0.3) is 0 Å². The predicted octanol–water partition coefficient (Wildman–Crippen LogP) is 5.38. The molecule has 0 radical (unpaired) electrons. The number of esters is 2. The van der Waals surface area contributed by atoms with Crippen LogP contribution in [-0.4, -0.2) is 36.4 Å². The van der Waals surface area contributed by atoms with E-state index in [0.29, 0.717) is 11.3 Å². The summed E-state index contributed by atoms with van der Waals surface area (Å²) < 4.78 is 10.6. The minimum atomic E-state index is -0.909. The van der Waals surface area contributed by atoms with Crippen molar-refractivity contribution in [2.24, 2.45) is 10.9 Å². The number of carbonyl (C=O) groups excluding carboxylic acids is 2. The highest BCUT2D eigenvalue weighted by molar-refractivity contribution is 6.13. The zero-order valence-electron chi connectivity index (χ0n) is 19.8. The van der Waals surface area contributed by atoms with Crippen LogP contribution in [0.1, 0.15) is 52.2 Å². The molecule has 0 amide bonds. The second-order valence-corrected chi connectivity index (χ2v) is 8.89. The Labute approximate surface area is 191 Å². The molecule has 170 valence electrons. The first-order valence-corrected chi connectivity index (χ1v) is 10.8. The molecule has 0 aliphatic carbocycles. The number of hydrogen-bond donors (Lipinski definition) is 0. The first-order valence-electron chi connectivity index (χ1n) is 10.8. The fourth-order valence-corrected chi connectivity index (χ4v) is 3.18. The molecular weight excluding hydrogens is 402 g/mol. The Bertz CT molecular complexity index is 913. The van der Waals surface area contributed by atoms with E-state index in [1.807, 2.05) is 101 Å². The molecule has 0 bridgehead atoms. The summed E-state index contributed by atoms with van der Waals surface area (Å²) in [6.45, 7) is 9.37. The van der Waals surface area contributed by atoms with Crippen molar-refractivity contribution in [1.29, 1.82) is 0 Å². The Balaban J connectivity index is 2.60. The number of aliphatic imine (C=N–C) groups is 1. The fourth-order valence-electron chi connectivity index (χ4n) is 3.18. The second kappa shape index (κ2) is 11.4. The molecule has 0 fully saturated rings. The number of benzene rings is 2. The Kier molecular flexibility index (Phi) is 8.94. The van der Waals surface area contributed by atoms with Crippen LogP contribution in [0.4, 0.5) is 0 Å². The third kappa shape index (κ3) is 7.80. The number of hydrogen-bond acceptors (Lipinski definition) is 5. The highest BCUT2D eigenvalue weighted by atomic mass is 16.6. The molecule has 2 aromatic rings. The van der Waals surface area contributed by atoms with E-state index in [2.05, 4.69) is 0 Å². The van der Waals surface area contributed by atoms with Gasteiger partial charge in [-0.15, -0.1) is 0 Å². The van der Waals surface area contributed by atoms with E-state index >= 15 is 0 Å². The fraction of sp³-hybridized carbons (Fsp3) is 0.370. The van der Waals surface area contributed by atoms with E-state index in [9.17, 15) is 9.59 Å². The van der Waals surface area contributed by atoms with Crippen molar-refractivity contribution in [3.8, 4) is 0 Å². The van der Waals surface area contributed by atoms with Gasteiger partial charge in [0.1, 0.15) is 5.60 Å². The lowest BCUT2D eigenvalue weighted by Gasteiger charge is -2.23. The molecule has 0 N–H and O–H groups in total. The Morgan fingerprint density at radius 1 is 0.938 bits per heavy atom. The van der Waals surface area contributed by atoms with Crippen molar-refractivity contribution < 1.29 is 19.1 Å². The van der Waals surface area contributed by atoms with Gasteiger partial charge in [0.15, 0.2) is 6.04 Å². The number of carbonyl (C=O) groups is 2. The zero-order chi connectivity index (χ0) is 23.7. The average molecular weight is 436 g/mol. The van der Waals surface area contributed by atoms with Gasteiger partial charge in [0.2, 0.25) is 0 Å². The van der Waals surface area contributed by atoms with Crippen molar-refractivity contribution in [3.05, 3.63) is 83.4 Å². The standard InChI is InChI=1S/C27H33NO4/c1-19(2)17-22(25(29)31-6)18-23(26(30)32-27(3,4)5)28-24(20-13-9-7-10-14-20)21-15-11-8-12-16-21/h7-17,19,23H,18H2,1-6H3/b22-17-. The molecule has 5 heteroatoms. The molecule has 0 heterocycles. The van der Waals surface area contributed by atoms with E-state index in [-0.39, 0.29) is 12.3 Å². The normalized spacial score (nSPS) is 12.8. The van der Waals surface area contributed by atoms with Crippen LogP contribution in [-0.2, 0) is 19.1 Å². The molecular formula is C27H33NO4. The Morgan fingerprint density at radius 3 is 1.84 bits per heavy atom. The van der Waals surface area contributed by atoms with Crippen LogP contribution < -0.4 is 0 Å². The molecule has 1 atom stereocenters. The van der Waals surface area contributed by atoms with Crippen LogP contribution in [0.5, 0.6) is 0 Å². The third-order valence-electron chi connectivity index (χ3n) is 4.45. The molecule has 0 spiro atoms. The first-order chi connectivity index (χ1) is 15.1. The third-order valence-corrected chi connectivity index (χ3v) is 4.45. The lowest BCUT2D eigenvalue weighted by atomic mass is 9.99. The molecule has 2 rings (SSSR count). The molecule has 0 aromatic heterocycles. The molecule has 2 aromatic carbocycles. The van der Waals surface area contributed by atoms with Gasteiger partial charge >= 0.3 is 11.9 Å². The summed E-state index contributed by atoms with van der Waals surface area (Å²) in [7, 11) is 1.33. The zero-order valence-corrected chi connectivity index (χ0v) is 19.8. The van der Waals surface area contributed by atoms with Gasteiger partial charge in [-0.25, -0.2) is 9.59 Å². The van der Waals surface area contributed by atoms with Crippen molar-refractivity contribution in [1.82, 2.24) is 0 Å². The lowest BCUT2D eigenvalue weighted by Crippen LogP contribution is -2.32. The first kappa shape index (κ1) is 25.1. The van der Waals surface area contributed by atoms with Crippen LogP contribution in [0, 0.1) is 5.92 Å². The second-order valence-electron chi connectivity index (χ2n) is 8.89. The SMILES string of the molecule is COC(=O)/C(=C\C(C)C)CC(N=C(c1ccccc1)c1ccccc1)C(=O)OC(C)(C)C. The number of rotatable bonds is 8. The lowest BCUT2D eigenvalue weighted by molar-refractivity contribution is -0.156. The summed E-state index contributed by atoms with van der Waals surface area (Å²) >= 11 is 0. The van der Waals surface area contributed by atoms with Crippen LogP contribution >= 0.6 is 0 Å². The van der Waals surface area contributed by atoms with Crippen molar-refractivity contribution in [3.63, 3.8) is 0 Å². The molecule has 0 saturated heterocycles. The largest absolute Gasteiger partial charge is 0.466 e. The molecule has 0 saturated carbocycles. The van der Waals surface area contributed by atoms with E-state index in [0.717, 1.165) is 11.1 Å². The Morgan fingerprint density at radius 2 is 1.44 bits per heavy atom. The molecule has 1 unspecified atom stereocenters. The van der Waals surface area contributed by atoms with E-state index in [1.54, 1.807) is 0 Å². The van der Waals surface area contributed by atoms with Gasteiger partial charge in [0, 0.05) is 23.1 Å². The molecule has 0 aliphatic rings. The predicted molar refractivity (Wildman–Crippen MR) is 128 cm³/mol. The Hall–Kier alpha value is -3.21. The summed E-state index contributed by atoms with van der Waals surface area (Å²) in [6.07, 6.45) is 1.90. The molecule has 5 nitrogen and oxygen atoms in total. The number of ether oxygens (including phenoxy) is 2. The smallest absolute Gasteiger partial charge is 0.333 e. The van der Waals surface area contributed by atoms with Gasteiger partial charge < -0.3 is 9.47 Å². The summed E-state index contributed by atoms with van der Waals surface area (Å²) in [5.41, 5.74) is 2.13. The molecule has 0 aliphatic heterocycles. The van der Waals surface area contributed by atoms with Crippen LogP contribution in [0.2, 0.25) is 0 Å². The van der Waals surface area contributed by atoms with Crippen LogP contribution in [0.15, 0.2) is 77.3 Å². The van der Waals surface area contributed by atoms with E-state index < -0.39 is 23.6 Å². The maximum Gasteiger partial charge on any atom is 0.333 e. The maximum atomic E-state index is 13.2. The number of methoxy groups -OCH3 is 1. The van der Waals surface area contributed by atoms with E-state index in [4.69, 9.17) is 14.5 Å². The summed E-state index contributed by atoms with van der Waals surface area (Å²) in [4.78, 5) is 30.5. The maximum absolute atomic E-state index is 13.2. The summed E-state index contributed by atoms with van der Waals surface area (Å²) in [5, 5.41) is 0. The quantitative estimate of drug-likeness (QED) is 0.317. The van der Waals surface area contributed by atoms with Gasteiger partial charge in [0.25, 0.3) is 0 Å². The van der Waals surface area contributed by atoms with Gasteiger partial charge in [-0.05, 0) is 26.7 Å². The monoisotopic (exact) mass is 435 g/mol. The van der Waals surface area contributed by atoms with Gasteiger partial charge in [-0.1, -0.05) is 80.6 Å². The van der Waals surface area contributed by atoms with Gasteiger partial charge in [0.05, 0.1) is 12.8 Å². The summed E-state index contributed by atoms with van der Waals surface area (Å²) in [6, 6.07) is 18.4. The van der Waals surface area contributed by atoms with Crippen LogP contribution in [0.3, 0.4) is 0 Å². The minimum absolute atomic E-state index is 0.0862. The van der Waals surface area contributed by atoms with Crippen molar-refractivity contribution >= 4 is 17.7 Å². The number of nitrogens with zero attached hydrogens (tertiary/aromatic N) is 1. The van der Waals surface area contributed by atoms with Crippen molar-refractivity contribution in [2.45, 2.75) is 52.7 Å². The highest BCUT2D eigenvalue weighted by Crippen LogP contribution is 2.21. The van der Waals surface area contributed by atoms with Gasteiger partial charge in [-0.2, -0.15) is 0 Å². The number of allylic oxidation sites excluding steroid dienone is 1. The van der Waals surface area contributed by atoms with Crippen molar-refractivity contribution in [2.75, 3.05) is 7.11 Å². The topological polar surface area (TPSA) is 65.0 Å². The minimum Gasteiger partial charge on any atom is -0.466 e. The molecule has 32 heavy (non-hydrogen) atoms. The highest BCUT2D eigenvalue weighted by Gasteiger charge is 2.29. The van der Waals surface area contributed by atoms with Gasteiger partial charge in [-0.3, -0.25) is 4.99 Å².